The fourth-order valence-electron chi connectivity index (χ4n) is 2.36. The van der Waals surface area contributed by atoms with Crippen LogP contribution in [0.1, 0.15) is 29.9 Å². The standard InChI is InChI=1S/C19H20ClNO2/c20-18-8-4-7-16(11-18)17(13-21)12-19(22)9-10-23-14-15-5-2-1-3-6-15/h1-8,11,17,19,22H,9-10,12,14H2/t17?,19-/m1/s1. The lowest BCUT2D eigenvalue weighted by molar-refractivity contribution is 0.0689. The van der Waals surface area contributed by atoms with E-state index in [1.54, 1.807) is 12.1 Å². The fraction of sp³-hybridized carbons (Fsp3) is 0.316. The van der Waals surface area contributed by atoms with E-state index in [1.165, 1.54) is 0 Å². The minimum atomic E-state index is -0.575. The number of nitriles is 1. The highest BCUT2D eigenvalue weighted by atomic mass is 35.5. The van der Waals surface area contributed by atoms with Crippen LogP contribution in [0.4, 0.5) is 0 Å². The zero-order chi connectivity index (χ0) is 16.5. The first-order chi connectivity index (χ1) is 11.2. The summed E-state index contributed by atoms with van der Waals surface area (Å²) >= 11 is 5.95. The molecule has 4 heteroatoms. The van der Waals surface area contributed by atoms with E-state index in [2.05, 4.69) is 6.07 Å². The Bertz CT molecular complexity index is 639. The molecule has 0 aromatic heterocycles. The average molecular weight is 330 g/mol. The minimum Gasteiger partial charge on any atom is -0.393 e. The maximum atomic E-state index is 10.1. The second-order valence-corrected chi connectivity index (χ2v) is 5.89. The molecule has 1 unspecified atom stereocenters. The summed E-state index contributed by atoms with van der Waals surface area (Å²) in [5, 5.41) is 20.0. The summed E-state index contributed by atoms with van der Waals surface area (Å²) in [4.78, 5) is 0. The van der Waals surface area contributed by atoms with Crippen molar-refractivity contribution in [2.75, 3.05) is 6.61 Å². The van der Waals surface area contributed by atoms with E-state index in [0.29, 0.717) is 31.1 Å². The summed E-state index contributed by atoms with van der Waals surface area (Å²) < 4.78 is 5.57. The zero-order valence-electron chi connectivity index (χ0n) is 12.9. The van der Waals surface area contributed by atoms with Gasteiger partial charge in [-0.2, -0.15) is 5.26 Å². The van der Waals surface area contributed by atoms with Crippen LogP contribution in [0.25, 0.3) is 0 Å². The Morgan fingerprint density at radius 3 is 2.61 bits per heavy atom. The number of ether oxygens (including phenoxy) is 1. The van der Waals surface area contributed by atoms with Crippen molar-refractivity contribution in [2.24, 2.45) is 0 Å². The van der Waals surface area contributed by atoms with Gasteiger partial charge in [-0.3, -0.25) is 0 Å². The van der Waals surface area contributed by atoms with Crippen LogP contribution in [0.15, 0.2) is 54.6 Å². The number of halogens is 1. The Kier molecular flexibility index (Phi) is 7.09. The van der Waals surface area contributed by atoms with E-state index in [0.717, 1.165) is 11.1 Å². The molecule has 0 spiro atoms. The molecule has 2 atom stereocenters. The minimum absolute atomic E-state index is 0.363. The first-order valence-electron chi connectivity index (χ1n) is 7.64. The van der Waals surface area contributed by atoms with E-state index in [1.807, 2.05) is 42.5 Å². The molecular weight excluding hydrogens is 310 g/mol. The van der Waals surface area contributed by atoms with Gasteiger partial charge < -0.3 is 9.84 Å². The molecule has 2 aromatic carbocycles. The van der Waals surface area contributed by atoms with Gasteiger partial charge in [-0.25, -0.2) is 0 Å². The number of aliphatic hydroxyl groups is 1. The van der Waals surface area contributed by atoms with Gasteiger partial charge in [0.15, 0.2) is 0 Å². The van der Waals surface area contributed by atoms with Gasteiger partial charge >= 0.3 is 0 Å². The van der Waals surface area contributed by atoms with E-state index in [4.69, 9.17) is 16.3 Å². The number of hydrogen-bond acceptors (Lipinski definition) is 3. The molecule has 0 aliphatic heterocycles. The summed E-state index contributed by atoms with van der Waals surface area (Å²) in [6.07, 6.45) is 0.311. The van der Waals surface area contributed by atoms with Crippen LogP contribution in [0.2, 0.25) is 5.02 Å². The summed E-state index contributed by atoms with van der Waals surface area (Å²) in [6.45, 7) is 0.993. The molecule has 0 amide bonds. The highest BCUT2D eigenvalue weighted by Gasteiger charge is 2.16. The van der Waals surface area contributed by atoms with Crippen LogP contribution in [0, 0.1) is 11.3 Å². The molecule has 0 aliphatic rings. The normalized spacial score (nSPS) is 13.3. The highest BCUT2D eigenvalue weighted by Crippen LogP contribution is 2.24. The topological polar surface area (TPSA) is 53.2 Å². The van der Waals surface area contributed by atoms with Crippen LogP contribution >= 0.6 is 11.6 Å². The Hall–Kier alpha value is -1.86. The predicted molar refractivity (Wildman–Crippen MR) is 91.1 cm³/mol. The second-order valence-electron chi connectivity index (χ2n) is 5.45. The van der Waals surface area contributed by atoms with Crippen LogP contribution in [-0.4, -0.2) is 17.8 Å². The number of nitrogens with zero attached hydrogens (tertiary/aromatic N) is 1. The van der Waals surface area contributed by atoms with Crippen molar-refractivity contribution in [3.8, 4) is 6.07 Å². The highest BCUT2D eigenvalue weighted by molar-refractivity contribution is 6.30. The molecule has 2 rings (SSSR count). The van der Waals surface area contributed by atoms with Gasteiger partial charge in [0.1, 0.15) is 0 Å². The van der Waals surface area contributed by atoms with Gasteiger partial charge in [0.05, 0.1) is 24.7 Å². The predicted octanol–water partition coefficient (Wildman–Crippen LogP) is 4.31. The molecule has 0 aliphatic carbocycles. The third kappa shape index (κ3) is 6.03. The maximum absolute atomic E-state index is 10.1. The number of rotatable bonds is 8. The average Bonchev–Trinajstić information content (AvgIpc) is 2.57. The van der Waals surface area contributed by atoms with Gasteiger partial charge in [-0.05, 0) is 36.1 Å². The lowest BCUT2D eigenvalue weighted by atomic mass is 9.93. The van der Waals surface area contributed by atoms with E-state index in [9.17, 15) is 10.4 Å². The van der Waals surface area contributed by atoms with E-state index < -0.39 is 6.10 Å². The lowest BCUT2D eigenvalue weighted by Crippen LogP contribution is -2.14. The van der Waals surface area contributed by atoms with Crippen molar-refractivity contribution >= 4 is 11.6 Å². The monoisotopic (exact) mass is 329 g/mol. The van der Waals surface area contributed by atoms with Gasteiger partial charge in [-0.1, -0.05) is 54.1 Å². The molecule has 0 bridgehead atoms. The van der Waals surface area contributed by atoms with Crippen molar-refractivity contribution in [3.05, 3.63) is 70.7 Å². The second kappa shape index (κ2) is 9.32. The molecule has 120 valence electrons. The summed E-state index contributed by atoms with van der Waals surface area (Å²) in [7, 11) is 0. The third-order valence-electron chi connectivity index (χ3n) is 3.62. The number of aliphatic hydroxyl groups excluding tert-OH is 1. The Balaban J connectivity index is 1.75. The molecule has 0 radical (unpaired) electrons. The first kappa shape index (κ1) is 17.5. The van der Waals surface area contributed by atoms with E-state index >= 15 is 0 Å². The van der Waals surface area contributed by atoms with Crippen LogP contribution in [0.3, 0.4) is 0 Å². The largest absolute Gasteiger partial charge is 0.393 e. The maximum Gasteiger partial charge on any atom is 0.0737 e. The van der Waals surface area contributed by atoms with Crippen molar-refractivity contribution in [2.45, 2.75) is 31.5 Å². The fourth-order valence-corrected chi connectivity index (χ4v) is 2.56. The first-order valence-corrected chi connectivity index (χ1v) is 8.01. The smallest absolute Gasteiger partial charge is 0.0737 e. The molecule has 1 N–H and O–H groups in total. The summed E-state index contributed by atoms with van der Waals surface area (Å²) in [6, 6.07) is 19.4. The molecule has 0 heterocycles. The van der Waals surface area contributed by atoms with Crippen LogP contribution in [0.5, 0.6) is 0 Å². The molecule has 0 saturated carbocycles. The Morgan fingerprint density at radius 1 is 1.13 bits per heavy atom. The zero-order valence-corrected chi connectivity index (χ0v) is 13.6. The van der Waals surface area contributed by atoms with Crippen molar-refractivity contribution in [3.63, 3.8) is 0 Å². The Morgan fingerprint density at radius 2 is 1.91 bits per heavy atom. The van der Waals surface area contributed by atoms with Crippen molar-refractivity contribution in [1.29, 1.82) is 5.26 Å². The number of benzene rings is 2. The third-order valence-corrected chi connectivity index (χ3v) is 3.86. The molecular formula is C19H20ClNO2. The van der Waals surface area contributed by atoms with Crippen molar-refractivity contribution in [1.82, 2.24) is 0 Å². The number of hydrogen-bond donors (Lipinski definition) is 1. The van der Waals surface area contributed by atoms with Crippen LogP contribution < -0.4 is 0 Å². The lowest BCUT2D eigenvalue weighted by Gasteiger charge is -2.15. The van der Waals surface area contributed by atoms with E-state index in [-0.39, 0.29) is 5.92 Å². The molecule has 3 nitrogen and oxygen atoms in total. The molecule has 0 saturated heterocycles. The van der Waals surface area contributed by atoms with Gasteiger partial charge in [-0.15, -0.1) is 0 Å². The van der Waals surface area contributed by atoms with Crippen molar-refractivity contribution < 1.29 is 9.84 Å². The van der Waals surface area contributed by atoms with Crippen LogP contribution in [-0.2, 0) is 11.3 Å². The SMILES string of the molecule is N#CC(C[C@H](O)CCOCc1ccccc1)c1cccc(Cl)c1. The Labute approximate surface area is 142 Å². The summed E-state index contributed by atoms with van der Waals surface area (Å²) in [5.41, 5.74) is 1.94. The quantitative estimate of drug-likeness (QED) is 0.734. The molecule has 2 aromatic rings. The summed E-state index contributed by atoms with van der Waals surface area (Å²) in [5.74, 6) is -0.363. The van der Waals surface area contributed by atoms with Gasteiger partial charge in [0.2, 0.25) is 0 Å². The van der Waals surface area contributed by atoms with Gasteiger partial charge in [0.25, 0.3) is 0 Å². The molecule has 0 fully saturated rings. The van der Waals surface area contributed by atoms with Gasteiger partial charge in [0, 0.05) is 11.6 Å². The molecule has 23 heavy (non-hydrogen) atoms.